The molecule has 0 atom stereocenters. The molecule has 0 spiro atoms. The summed E-state index contributed by atoms with van der Waals surface area (Å²) in [4.78, 5) is 23.7. The van der Waals surface area contributed by atoms with Crippen LogP contribution in [0.4, 0.5) is 5.69 Å². The van der Waals surface area contributed by atoms with Crippen LogP contribution in [0, 0.1) is 0 Å². The first kappa shape index (κ1) is 20.4. The van der Waals surface area contributed by atoms with Gasteiger partial charge in [-0.3, -0.25) is 4.79 Å². The number of carbonyl (C=O) groups is 2. The van der Waals surface area contributed by atoms with Crippen molar-refractivity contribution in [2.24, 2.45) is 0 Å². The molecule has 0 aliphatic heterocycles. The van der Waals surface area contributed by atoms with E-state index in [0.29, 0.717) is 23.8 Å². The Labute approximate surface area is 161 Å². The topological polar surface area (TPSA) is 94.1 Å². The van der Waals surface area contributed by atoms with Crippen LogP contribution in [0.5, 0.6) is 17.2 Å². The number of hydrogen-bond donors (Lipinski definition) is 2. The van der Waals surface area contributed by atoms with Crippen molar-refractivity contribution in [3.05, 3.63) is 46.5 Å². The molecule has 0 saturated heterocycles. The summed E-state index contributed by atoms with van der Waals surface area (Å²) in [7, 11) is 2.81. The van der Waals surface area contributed by atoms with Crippen LogP contribution < -0.4 is 19.5 Å². The minimum absolute atomic E-state index is 0.00219. The molecule has 0 unspecified atom stereocenters. The highest BCUT2D eigenvalue weighted by Crippen LogP contribution is 2.36. The lowest BCUT2D eigenvalue weighted by atomic mass is 10.1. The minimum atomic E-state index is -1.12. The van der Waals surface area contributed by atoms with E-state index >= 15 is 0 Å². The highest BCUT2D eigenvalue weighted by Gasteiger charge is 2.17. The lowest BCUT2D eigenvalue weighted by molar-refractivity contribution is 0.0693. The first-order valence-electron chi connectivity index (χ1n) is 8.14. The molecule has 27 heavy (non-hydrogen) atoms. The van der Waals surface area contributed by atoms with Gasteiger partial charge in [0.05, 0.1) is 25.8 Å². The number of rotatable bonds is 8. The second-order valence-electron chi connectivity index (χ2n) is 5.51. The molecular formula is C19H20ClNO6. The van der Waals surface area contributed by atoms with Crippen molar-refractivity contribution in [2.45, 2.75) is 13.3 Å². The van der Waals surface area contributed by atoms with Crippen LogP contribution in [0.2, 0.25) is 5.02 Å². The molecule has 7 nitrogen and oxygen atoms in total. The zero-order valence-corrected chi connectivity index (χ0v) is 15.9. The average Bonchev–Trinajstić information content (AvgIpc) is 2.65. The molecule has 2 rings (SSSR count). The molecule has 1 amide bonds. The Hall–Kier alpha value is -2.93. The van der Waals surface area contributed by atoms with Gasteiger partial charge < -0.3 is 24.6 Å². The maximum Gasteiger partial charge on any atom is 0.339 e. The van der Waals surface area contributed by atoms with Crippen molar-refractivity contribution < 1.29 is 28.9 Å². The van der Waals surface area contributed by atoms with Crippen LogP contribution in [0.1, 0.15) is 34.1 Å². The predicted octanol–water partition coefficient (Wildman–Crippen LogP) is 4.10. The fourth-order valence-corrected chi connectivity index (χ4v) is 2.61. The Morgan fingerprint density at radius 3 is 2.41 bits per heavy atom. The summed E-state index contributed by atoms with van der Waals surface area (Å²) < 4.78 is 15.9. The van der Waals surface area contributed by atoms with Gasteiger partial charge in [-0.25, -0.2) is 4.79 Å². The quantitative estimate of drug-likeness (QED) is 0.701. The van der Waals surface area contributed by atoms with Crippen LogP contribution in [-0.4, -0.2) is 37.8 Å². The number of carbonyl (C=O) groups excluding carboxylic acids is 1. The number of aromatic carboxylic acids is 1. The van der Waals surface area contributed by atoms with Gasteiger partial charge >= 0.3 is 5.97 Å². The molecule has 0 saturated carbocycles. The summed E-state index contributed by atoms with van der Waals surface area (Å²) in [5.74, 6) is -0.699. The van der Waals surface area contributed by atoms with E-state index in [9.17, 15) is 9.59 Å². The van der Waals surface area contributed by atoms with Crippen molar-refractivity contribution in [1.82, 2.24) is 0 Å². The van der Waals surface area contributed by atoms with Gasteiger partial charge in [0.1, 0.15) is 11.3 Å². The molecular weight excluding hydrogens is 374 g/mol. The average molecular weight is 394 g/mol. The molecule has 0 aliphatic carbocycles. The lowest BCUT2D eigenvalue weighted by Gasteiger charge is -2.14. The van der Waals surface area contributed by atoms with Crippen molar-refractivity contribution in [2.75, 3.05) is 26.1 Å². The van der Waals surface area contributed by atoms with Gasteiger partial charge in [-0.2, -0.15) is 0 Å². The predicted molar refractivity (Wildman–Crippen MR) is 102 cm³/mol. The molecule has 2 N–H and O–H groups in total. The van der Waals surface area contributed by atoms with Gasteiger partial charge in [0.15, 0.2) is 11.5 Å². The molecule has 8 heteroatoms. The van der Waals surface area contributed by atoms with Crippen molar-refractivity contribution in [1.29, 1.82) is 0 Å². The highest BCUT2D eigenvalue weighted by atomic mass is 35.5. The Morgan fingerprint density at radius 1 is 1.11 bits per heavy atom. The van der Waals surface area contributed by atoms with Crippen molar-refractivity contribution in [3.8, 4) is 17.2 Å². The van der Waals surface area contributed by atoms with E-state index in [1.807, 2.05) is 6.92 Å². The molecule has 2 aromatic carbocycles. The van der Waals surface area contributed by atoms with Gasteiger partial charge in [0.2, 0.25) is 0 Å². The number of carboxylic acids is 1. The van der Waals surface area contributed by atoms with E-state index in [1.165, 1.54) is 44.6 Å². The number of anilines is 1. The van der Waals surface area contributed by atoms with E-state index in [1.54, 1.807) is 0 Å². The molecule has 0 bridgehead atoms. The number of amides is 1. The largest absolute Gasteiger partial charge is 0.496 e. The number of carboxylic acid groups (broad SMARTS) is 1. The monoisotopic (exact) mass is 393 g/mol. The summed E-state index contributed by atoms with van der Waals surface area (Å²) in [5.41, 5.74) is 0.642. The maximum atomic E-state index is 12.6. The second kappa shape index (κ2) is 9.14. The van der Waals surface area contributed by atoms with Crippen LogP contribution in [0.15, 0.2) is 30.3 Å². The van der Waals surface area contributed by atoms with Gasteiger partial charge in [-0.15, -0.1) is 0 Å². The molecule has 0 heterocycles. The minimum Gasteiger partial charge on any atom is -0.496 e. The summed E-state index contributed by atoms with van der Waals surface area (Å²) in [6.45, 7) is 2.43. The number of halogens is 1. The Morgan fingerprint density at radius 2 is 1.81 bits per heavy atom. The van der Waals surface area contributed by atoms with Crippen LogP contribution in [-0.2, 0) is 0 Å². The van der Waals surface area contributed by atoms with E-state index in [2.05, 4.69) is 5.32 Å². The van der Waals surface area contributed by atoms with E-state index in [4.69, 9.17) is 30.9 Å². The van der Waals surface area contributed by atoms with Crippen LogP contribution in [0.25, 0.3) is 0 Å². The standard InChI is InChI=1S/C19H20ClNO6/c1-4-7-27-17-14(20)8-11(9-16(17)26-3)18(22)21-12-5-6-13(19(23)24)15(10-12)25-2/h5-6,8-10H,4,7H2,1-3H3,(H,21,22)(H,23,24). The fourth-order valence-electron chi connectivity index (χ4n) is 2.34. The van der Waals surface area contributed by atoms with Gasteiger partial charge in [-0.05, 0) is 30.7 Å². The summed E-state index contributed by atoms with van der Waals surface area (Å²) in [6, 6.07) is 7.26. The SMILES string of the molecule is CCCOc1c(Cl)cc(C(=O)Nc2ccc(C(=O)O)c(OC)c2)cc1OC. The van der Waals surface area contributed by atoms with Crippen molar-refractivity contribution in [3.63, 3.8) is 0 Å². The maximum absolute atomic E-state index is 12.6. The van der Waals surface area contributed by atoms with Crippen LogP contribution >= 0.6 is 11.6 Å². The molecule has 0 radical (unpaired) electrons. The molecule has 144 valence electrons. The van der Waals surface area contributed by atoms with Gasteiger partial charge in [-0.1, -0.05) is 18.5 Å². The van der Waals surface area contributed by atoms with Gasteiger partial charge in [0.25, 0.3) is 5.91 Å². The number of hydrogen-bond acceptors (Lipinski definition) is 5. The Bertz CT molecular complexity index is 852. The summed E-state index contributed by atoms with van der Waals surface area (Å²) >= 11 is 6.23. The lowest BCUT2D eigenvalue weighted by Crippen LogP contribution is -2.13. The first-order chi connectivity index (χ1) is 12.9. The highest BCUT2D eigenvalue weighted by molar-refractivity contribution is 6.32. The smallest absolute Gasteiger partial charge is 0.339 e. The number of nitrogens with one attached hydrogen (secondary N) is 1. The third-order valence-electron chi connectivity index (χ3n) is 3.63. The number of ether oxygens (including phenoxy) is 3. The number of methoxy groups -OCH3 is 2. The van der Waals surface area contributed by atoms with Crippen molar-refractivity contribution >= 4 is 29.2 Å². The zero-order valence-electron chi connectivity index (χ0n) is 15.2. The van der Waals surface area contributed by atoms with E-state index in [-0.39, 0.29) is 21.9 Å². The van der Waals surface area contributed by atoms with Gasteiger partial charge in [0, 0.05) is 17.3 Å². The Balaban J connectivity index is 2.28. The first-order valence-corrected chi connectivity index (χ1v) is 8.52. The Kier molecular flexibility index (Phi) is 6.90. The molecule has 0 aliphatic rings. The zero-order chi connectivity index (χ0) is 20.0. The summed E-state index contributed by atoms with van der Waals surface area (Å²) in [5, 5.41) is 12.0. The van der Waals surface area contributed by atoms with E-state index < -0.39 is 11.9 Å². The molecule has 0 aromatic heterocycles. The normalized spacial score (nSPS) is 10.2. The fraction of sp³-hybridized carbons (Fsp3) is 0.263. The molecule has 2 aromatic rings. The number of benzene rings is 2. The van der Waals surface area contributed by atoms with E-state index in [0.717, 1.165) is 6.42 Å². The molecule has 0 fully saturated rings. The van der Waals surface area contributed by atoms with Crippen LogP contribution in [0.3, 0.4) is 0 Å². The second-order valence-corrected chi connectivity index (χ2v) is 5.92. The third-order valence-corrected chi connectivity index (χ3v) is 3.91. The summed E-state index contributed by atoms with van der Waals surface area (Å²) in [6.07, 6.45) is 0.801. The third kappa shape index (κ3) is 4.83.